The summed E-state index contributed by atoms with van der Waals surface area (Å²) in [5, 5.41) is 6.27. The predicted octanol–water partition coefficient (Wildman–Crippen LogP) is -0.442. The van der Waals surface area contributed by atoms with Crippen molar-refractivity contribution in [2.75, 3.05) is 6.54 Å². The van der Waals surface area contributed by atoms with Crippen LogP contribution in [0.4, 0.5) is 0 Å². The highest BCUT2D eigenvalue weighted by Gasteiger charge is 2.03. The molecular weight excluding hydrogens is 158 g/mol. The number of carbonyl (C=O) groups excluding carboxylic acids is 1. The maximum Gasteiger partial charge on any atom is 0.234 e. The van der Waals surface area contributed by atoms with Crippen molar-refractivity contribution in [1.29, 1.82) is 0 Å². The molecule has 5 nitrogen and oxygen atoms in total. The first-order chi connectivity index (χ1) is 5.74. The molecule has 1 heterocycles. The number of carbonyl (C=O) groups is 1. The highest BCUT2D eigenvalue weighted by atomic mass is 16.5. The second-order valence-corrected chi connectivity index (χ2v) is 2.41. The molecule has 1 amide bonds. The molecule has 0 bridgehead atoms. The van der Waals surface area contributed by atoms with Crippen LogP contribution in [-0.2, 0) is 11.3 Å². The summed E-state index contributed by atoms with van der Waals surface area (Å²) in [7, 11) is 0. The van der Waals surface area contributed by atoms with Crippen LogP contribution in [0.1, 0.15) is 11.3 Å². The van der Waals surface area contributed by atoms with E-state index >= 15 is 0 Å². The van der Waals surface area contributed by atoms with Gasteiger partial charge in [0, 0.05) is 12.1 Å². The fraction of sp³-hybridized carbons (Fsp3) is 0.429. The Morgan fingerprint density at radius 2 is 2.58 bits per heavy atom. The SMILES string of the molecule is Cc1nocc1CNC(=O)CN. The molecular formula is C7H11N3O2. The van der Waals surface area contributed by atoms with Gasteiger partial charge in [-0.05, 0) is 6.92 Å². The number of hydrogen-bond acceptors (Lipinski definition) is 4. The maximum atomic E-state index is 10.7. The molecule has 0 radical (unpaired) electrons. The Kier molecular flexibility index (Phi) is 2.82. The van der Waals surface area contributed by atoms with Crippen LogP contribution in [0, 0.1) is 6.92 Å². The van der Waals surface area contributed by atoms with Gasteiger partial charge in [0.2, 0.25) is 5.91 Å². The molecule has 0 fully saturated rings. The molecule has 5 heteroatoms. The molecule has 0 saturated heterocycles. The molecule has 3 N–H and O–H groups in total. The predicted molar refractivity (Wildman–Crippen MR) is 42.1 cm³/mol. The smallest absolute Gasteiger partial charge is 0.234 e. The summed E-state index contributed by atoms with van der Waals surface area (Å²) in [5.74, 6) is -0.185. The molecule has 0 aromatic carbocycles. The van der Waals surface area contributed by atoms with Crippen LogP contribution in [0.3, 0.4) is 0 Å². The van der Waals surface area contributed by atoms with E-state index in [0.29, 0.717) is 6.54 Å². The maximum absolute atomic E-state index is 10.7. The second-order valence-electron chi connectivity index (χ2n) is 2.41. The fourth-order valence-electron chi connectivity index (χ4n) is 0.748. The molecule has 0 atom stereocenters. The Labute approximate surface area is 69.9 Å². The number of nitrogens with zero attached hydrogens (tertiary/aromatic N) is 1. The van der Waals surface area contributed by atoms with E-state index in [0.717, 1.165) is 11.3 Å². The molecule has 0 unspecified atom stereocenters. The van der Waals surface area contributed by atoms with Crippen molar-refractivity contribution in [3.8, 4) is 0 Å². The Morgan fingerprint density at radius 1 is 1.83 bits per heavy atom. The van der Waals surface area contributed by atoms with Gasteiger partial charge < -0.3 is 15.6 Å². The number of hydrogen-bond donors (Lipinski definition) is 2. The lowest BCUT2D eigenvalue weighted by atomic mass is 10.3. The molecule has 1 aromatic heterocycles. The van der Waals surface area contributed by atoms with Crippen molar-refractivity contribution < 1.29 is 9.32 Å². The minimum Gasteiger partial charge on any atom is -0.364 e. The molecule has 0 spiro atoms. The Bertz CT molecular complexity index is 269. The van der Waals surface area contributed by atoms with Crippen LogP contribution in [0.5, 0.6) is 0 Å². The highest BCUT2D eigenvalue weighted by Crippen LogP contribution is 2.03. The zero-order chi connectivity index (χ0) is 8.97. The highest BCUT2D eigenvalue weighted by molar-refractivity contribution is 5.77. The van der Waals surface area contributed by atoms with Gasteiger partial charge >= 0.3 is 0 Å². The first-order valence-corrected chi connectivity index (χ1v) is 3.60. The average molecular weight is 169 g/mol. The third-order valence-corrected chi connectivity index (χ3v) is 1.51. The van der Waals surface area contributed by atoms with Gasteiger partial charge in [0.05, 0.1) is 12.2 Å². The van der Waals surface area contributed by atoms with Crippen molar-refractivity contribution in [3.63, 3.8) is 0 Å². The zero-order valence-electron chi connectivity index (χ0n) is 6.83. The lowest BCUT2D eigenvalue weighted by Crippen LogP contribution is -2.29. The number of aryl methyl sites for hydroxylation is 1. The van der Waals surface area contributed by atoms with E-state index in [1.807, 2.05) is 6.92 Å². The lowest BCUT2D eigenvalue weighted by Gasteiger charge is -1.99. The van der Waals surface area contributed by atoms with E-state index in [9.17, 15) is 4.79 Å². The fourth-order valence-corrected chi connectivity index (χ4v) is 0.748. The number of nitrogens with one attached hydrogen (secondary N) is 1. The van der Waals surface area contributed by atoms with Crippen LogP contribution in [-0.4, -0.2) is 17.6 Å². The molecule has 1 aromatic rings. The van der Waals surface area contributed by atoms with E-state index in [1.165, 1.54) is 6.26 Å². The molecule has 0 saturated carbocycles. The summed E-state index contributed by atoms with van der Waals surface area (Å²) in [5.41, 5.74) is 6.76. The van der Waals surface area contributed by atoms with Gasteiger partial charge in [-0.2, -0.15) is 0 Å². The standard InChI is InChI=1S/C7H11N3O2/c1-5-6(4-12-10-5)3-9-7(11)2-8/h4H,2-3,8H2,1H3,(H,9,11). The van der Waals surface area contributed by atoms with E-state index in [4.69, 9.17) is 5.73 Å². The average Bonchev–Trinajstić information content (AvgIpc) is 2.47. The van der Waals surface area contributed by atoms with E-state index in [2.05, 4.69) is 15.0 Å². The minimum atomic E-state index is -0.185. The van der Waals surface area contributed by atoms with Gasteiger partial charge in [-0.15, -0.1) is 0 Å². The quantitative estimate of drug-likeness (QED) is 0.642. The van der Waals surface area contributed by atoms with Crippen LogP contribution in [0.15, 0.2) is 10.8 Å². The number of aromatic nitrogens is 1. The Hall–Kier alpha value is -1.36. The van der Waals surface area contributed by atoms with Crippen LogP contribution in [0.25, 0.3) is 0 Å². The lowest BCUT2D eigenvalue weighted by molar-refractivity contribution is -0.119. The van der Waals surface area contributed by atoms with E-state index < -0.39 is 0 Å². The summed E-state index contributed by atoms with van der Waals surface area (Å²) in [6.07, 6.45) is 1.51. The minimum absolute atomic E-state index is 0.00429. The van der Waals surface area contributed by atoms with Crippen LogP contribution < -0.4 is 11.1 Å². The molecule has 0 aliphatic rings. The van der Waals surface area contributed by atoms with Crippen LogP contribution in [0.2, 0.25) is 0 Å². The summed E-state index contributed by atoms with van der Waals surface area (Å²) < 4.78 is 4.68. The van der Waals surface area contributed by atoms with Gasteiger partial charge in [-0.1, -0.05) is 5.16 Å². The van der Waals surface area contributed by atoms with Gasteiger partial charge in [-0.25, -0.2) is 0 Å². The summed E-state index contributed by atoms with van der Waals surface area (Å²) in [4.78, 5) is 10.7. The Morgan fingerprint density at radius 3 is 3.08 bits per heavy atom. The molecule has 0 aliphatic carbocycles. The number of amides is 1. The monoisotopic (exact) mass is 169 g/mol. The zero-order valence-corrected chi connectivity index (χ0v) is 6.83. The number of nitrogens with two attached hydrogens (primary N) is 1. The van der Waals surface area contributed by atoms with Crippen molar-refractivity contribution in [2.45, 2.75) is 13.5 Å². The topological polar surface area (TPSA) is 81.2 Å². The van der Waals surface area contributed by atoms with Crippen molar-refractivity contribution >= 4 is 5.91 Å². The summed E-state index contributed by atoms with van der Waals surface area (Å²) >= 11 is 0. The van der Waals surface area contributed by atoms with Gasteiger partial charge in [-0.3, -0.25) is 4.79 Å². The van der Waals surface area contributed by atoms with Crippen molar-refractivity contribution in [2.24, 2.45) is 5.73 Å². The van der Waals surface area contributed by atoms with E-state index in [1.54, 1.807) is 0 Å². The first kappa shape index (κ1) is 8.73. The number of rotatable bonds is 3. The van der Waals surface area contributed by atoms with Gasteiger partial charge in [0.15, 0.2) is 0 Å². The van der Waals surface area contributed by atoms with Crippen molar-refractivity contribution in [3.05, 3.63) is 17.5 Å². The molecule has 12 heavy (non-hydrogen) atoms. The third-order valence-electron chi connectivity index (χ3n) is 1.51. The first-order valence-electron chi connectivity index (χ1n) is 3.60. The largest absolute Gasteiger partial charge is 0.364 e. The van der Waals surface area contributed by atoms with Gasteiger partial charge in [0.25, 0.3) is 0 Å². The van der Waals surface area contributed by atoms with Gasteiger partial charge in [0.1, 0.15) is 6.26 Å². The molecule has 0 aliphatic heterocycles. The third kappa shape index (κ3) is 2.06. The van der Waals surface area contributed by atoms with E-state index in [-0.39, 0.29) is 12.5 Å². The summed E-state index contributed by atoms with van der Waals surface area (Å²) in [6, 6.07) is 0. The summed E-state index contributed by atoms with van der Waals surface area (Å²) in [6.45, 7) is 2.24. The Balaban J connectivity index is 2.43. The molecule has 66 valence electrons. The second kappa shape index (κ2) is 3.87. The normalized spacial score (nSPS) is 9.83. The van der Waals surface area contributed by atoms with Crippen molar-refractivity contribution in [1.82, 2.24) is 10.5 Å². The van der Waals surface area contributed by atoms with Crippen LogP contribution >= 0.6 is 0 Å². The molecule has 1 rings (SSSR count).